The van der Waals surface area contributed by atoms with Crippen LogP contribution in [0.4, 0.5) is 0 Å². The summed E-state index contributed by atoms with van der Waals surface area (Å²) in [5.74, 6) is 0.955. The molecule has 0 radical (unpaired) electrons. The Morgan fingerprint density at radius 1 is 1.40 bits per heavy atom. The average Bonchev–Trinajstić information content (AvgIpc) is 2.77. The zero-order valence-electron chi connectivity index (χ0n) is 11.7. The summed E-state index contributed by atoms with van der Waals surface area (Å²) < 4.78 is 32.3. The monoisotopic (exact) mass is 294 g/mol. The summed E-state index contributed by atoms with van der Waals surface area (Å²) in [6, 6.07) is 4.88. The lowest BCUT2D eigenvalue weighted by Gasteiger charge is -2.29. The van der Waals surface area contributed by atoms with Crippen molar-refractivity contribution in [2.45, 2.75) is 31.6 Å². The van der Waals surface area contributed by atoms with Gasteiger partial charge in [0.05, 0.1) is 4.90 Å². The summed E-state index contributed by atoms with van der Waals surface area (Å²) in [4.78, 5) is 4.47. The number of sulfonamides is 1. The van der Waals surface area contributed by atoms with E-state index in [-0.39, 0.29) is 4.90 Å². The number of rotatable bonds is 2. The molecule has 1 unspecified atom stereocenters. The van der Waals surface area contributed by atoms with Gasteiger partial charge in [0.15, 0.2) is 11.5 Å². The fourth-order valence-electron chi connectivity index (χ4n) is 2.69. The van der Waals surface area contributed by atoms with Crippen molar-refractivity contribution in [2.75, 3.05) is 13.1 Å². The molecular formula is C14H18N2O3S. The largest absolute Gasteiger partial charge is 0.441 e. The number of aryl methyl sites for hydroxylation is 1. The van der Waals surface area contributed by atoms with Gasteiger partial charge >= 0.3 is 0 Å². The Labute approximate surface area is 118 Å². The Bertz CT molecular complexity index is 736. The maximum atomic E-state index is 12.6. The van der Waals surface area contributed by atoms with Gasteiger partial charge in [-0.1, -0.05) is 6.92 Å². The van der Waals surface area contributed by atoms with Gasteiger partial charge in [0, 0.05) is 26.1 Å². The third-order valence-corrected chi connectivity index (χ3v) is 5.59. The number of oxazole rings is 1. The summed E-state index contributed by atoms with van der Waals surface area (Å²) >= 11 is 0. The van der Waals surface area contributed by atoms with Gasteiger partial charge in [-0.15, -0.1) is 0 Å². The first-order valence-electron chi connectivity index (χ1n) is 6.84. The summed E-state index contributed by atoms with van der Waals surface area (Å²) in [7, 11) is -3.43. The van der Waals surface area contributed by atoms with E-state index in [0.717, 1.165) is 12.8 Å². The summed E-state index contributed by atoms with van der Waals surface area (Å²) in [6.45, 7) is 5.03. The molecule has 108 valence electrons. The first-order valence-corrected chi connectivity index (χ1v) is 8.28. The number of nitrogens with zero attached hydrogens (tertiary/aromatic N) is 2. The third kappa shape index (κ3) is 2.33. The van der Waals surface area contributed by atoms with Crippen molar-refractivity contribution >= 4 is 21.1 Å². The fourth-order valence-corrected chi connectivity index (χ4v) is 4.31. The lowest BCUT2D eigenvalue weighted by molar-refractivity contribution is 0.281. The number of fused-ring (bicyclic) bond motifs is 1. The molecule has 0 amide bonds. The Balaban J connectivity index is 1.99. The van der Waals surface area contributed by atoms with E-state index in [1.54, 1.807) is 29.4 Å². The van der Waals surface area contributed by atoms with Crippen LogP contribution in [-0.2, 0) is 10.0 Å². The smallest absolute Gasteiger partial charge is 0.243 e. The quantitative estimate of drug-likeness (QED) is 0.854. The van der Waals surface area contributed by atoms with Crippen LogP contribution in [0.5, 0.6) is 0 Å². The van der Waals surface area contributed by atoms with E-state index in [1.807, 2.05) is 0 Å². The van der Waals surface area contributed by atoms with Gasteiger partial charge in [-0.05, 0) is 30.9 Å². The molecular weight excluding hydrogens is 276 g/mol. The molecule has 1 saturated heterocycles. The predicted molar refractivity (Wildman–Crippen MR) is 75.9 cm³/mol. The van der Waals surface area contributed by atoms with Crippen LogP contribution in [-0.4, -0.2) is 30.8 Å². The standard InChI is InChI=1S/C14H18N2O3S/c1-10-4-3-7-16(9-10)20(17,18)12-5-6-13-14(8-12)19-11(2)15-13/h5-6,8,10H,3-4,7,9H2,1-2H3. The first kappa shape index (κ1) is 13.6. The second-order valence-corrected chi connectivity index (χ2v) is 7.41. The van der Waals surface area contributed by atoms with E-state index in [9.17, 15) is 8.42 Å². The van der Waals surface area contributed by atoms with Gasteiger partial charge in [0.2, 0.25) is 10.0 Å². The molecule has 1 aliphatic heterocycles. The minimum absolute atomic E-state index is 0.287. The normalized spacial score (nSPS) is 21.4. The Hall–Kier alpha value is -1.40. The minimum Gasteiger partial charge on any atom is -0.441 e. The van der Waals surface area contributed by atoms with Crippen LogP contribution >= 0.6 is 0 Å². The molecule has 0 saturated carbocycles. The third-order valence-electron chi connectivity index (χ3n) is 3.72. The van der Waals surface area contributed by atoms with Gasteiger partial charge in [-0.25, -0.2) is 13.4 Å². The summed E-state index contributed by atoms with van der Waals surface area (Å²) in [5.41, 5.74) is 1.21. The molecule has 1 aromatic heterocycles. The van der Waals surface area contributed by atoms with Crippen molar-refractivity contribution in [2.24, 2.45) is 5.92 Å². The molecule has 0 N–H and O–H groups in total. The van der Waals surface area contributed by atoms with Crippen LogP contribution in [0, 0.1) is 12.8 Å². The average molecular weight is 294 g/mol. The molecule has 0 bridgehead atoms. The van der Waals surface area contributed by atoms with Crippen molar-refractivity contribution in [3.05, 3.63) is 24.1 Å². The van der Waals surface area contributed by atoms with E-state index in [2.05, 4.69) is 11.9 Å². The first-order chi connectivity index (χ1) is 9.46. The predicted octanol–water partition coefficient (Wildman–Crippen LogP) is 2.56. The zero-order valence-corrected chi connectivity index (χ0v) is 12.5. The molecule has 0 aliphatic carbocycles. The van der Waals surface area contributed by atoms with E-state index >= 15 is 0 Å². The number of piperidine rings is 1. The summed E-state index contributed by atoms with van der Waals surface area (Å²) in [6.07, 6.45) is 2.01. The molecule has 1 aromatic carbocycles. The van der Waals surface area contributed by atoms with Crippen molar-refractivity contribution in [3.8, 4) is 0 Å². The van der Waals surface area contributed by atoms with Gasteiger partial charge in [0.1, 0.15) is 5.52 Å². The lowest BCUT2D eigenvalue weighted by atomic mass is 10.0. The van der Waals surface area contributed by atoms with Gasteiger partial charge in [-0.3, -0.25) is 0 Å². The van der Waals surface area contributed by atoms with E-state index in [4.69, 9.17) is 4.42 Å². The summed E-state index contributed by atoms with van der Waals surface area (Å²) in [5, 5.41) is 0. The molecule has 1 fully saturated rings. The van der Waals surface area contributed by atoms with E-state index < -0.39 is 10.0 Å². The van der Waals surface area contributed by atoms with Crippen molar-refractivity contribution < 1.29 is 12.8 Å². The van der Waals surface area contributed by atoms with Crippen LogP contribution in [0.15, 0.2) is 27.5 Å². The minimum atomic E-state index is -3.43. The highest BCUT2D eigenvalue weighted by molar-refractivity contribution is 7.89. The molecule has 2 aromatic rings. The second kappa shape index (κ2) is 4.86. The molecule has 20 heavy (non-hydrogen) atoms. The Morgan fingerprint density at radius 3 is 2.95 bits per heavy atom. The van der Waals surface area contributed by atoms with E-state index in [0.29, 0.717) is 36.0 Å². The molecule has 6 heteroatoms. The highest BCUT2D eigenvalue weighted by Crippen LogP contribution is 2.26. The maximum absolute atomic E-state index is 12.6. The molecule has 2 heterocycles. The van der Waals surface area contributed by atoms with Crippen molar-refractivity contribution in [1.82, 2.24) is 9.29 Å². The maximum Gasteiger partial charge on any atom is 0.243 e. The second-order valence-electron chi connectivity index (χ2n) is 5.47. The highest BCUT2D eigenvalue weighted by Gasteiger charge is 2.29. The van der Waals surface area contributed by atoms with Gasteiger partial charge < -0.3 is 4.42 Å². The molecule has 3 rings (SSSR count). The van der Waals surface area contributed by atoms with Gasteiger partial charge in [-0.2, -0.15) is 4.31 Å². The molecule has 1 aliphatic rings. The number of benzene rings is 1. The van der Waals surface area contributed by atoms with Crippen molar-refractivity contribution in [1.29, 1.82) is 0 Å². The van der Waals surface area contributed by atoms with Crippen LogP contribution in [0.3, 0.4) is 0 Å². The SMILES string of the molecule is Cc1nc2ccc(S(=O)(=O)N3CCCC(C)C3)cc2o1. The molecule has 1 atom stereocenters. The van der Waals surface area contributed by atoms with E-state index in [1.165, 1.54) is 0 Å². The zero-order chi connectivity index (χ0) is 14.3. The fraction of sp³-hybridized carbons (Fsp3) is 0.500. The number of aromatic nitrogens is 1. The number of hydrogen-bond donors (Lipinski definition) is 0. The van der Waals surface area contributed by atoms with Gasteiger partial charge in [0.25, 0.3) is 0 Å². The lowest BCUT2D eigenvalue weighted by Crippen LogP contribution is -2.39. The van der Waals surface area contributed by atoms with Crippen LogP contribution in [0.2, 0.25) is 0 Å². The Morgan fingerprint density at radius 2 is 2.20 bits per heavy atom. The Kier molecular flexibility index (Phi) is 3.30. The molecule has 0 spiro atoms. The topological polar surface area (TPSA) is 63.4 Å². The van der Waals surface area contributed by atoms with Crippen LogP contribution < -0.4 is 0 Å². The van der Waals surface area contributed by atoms with Crippen LogP contribution in [0.1, 0.15) is 25.7 Å². The number of hydrogen-bond acceptors (Lipinski definition) is 4. The highest BCUT2D eigenvalue weighted by atomic mass is 32.2. The van der Waals surface area contributed by atoms with Crippen molar-refractivity contribution in [3.63, 3.8) is 0 Å². The van der Waals surface area contributed by atoms with Crippen LogP contribution in [0.25, 0.3) is 11.1 Å². The molecule has 5 nitrogen and oxygen atoms in total.